The van der Waals surface area contributed by atoms with Crippen molar-refractivity contribution < 1.29 is 53.7 Å². The predicted octanol–water partition coefficient (Wildman–Crippen LogP) is -6.33. The number of aliphatic imine (C=N–C) groups is 1. The van der Waals surface area contributed by atoms with E-state index >= 15 is 0 Å². The summed E-state index contributed by atoms with van der Waals surface area (Å²) < 4.78 is 0. The van der Waals surface area contributed by atoms with Crippen molar-refractivity contribution >= 4 is 78.6 Å². The summed E-state index contributed by atoms with van der Waals surface area (Å²) in [5.74, 6) is -8.86. The molecule has 0 aliphatic carbocycles. The summed E-state index contributed by atoms with van der Waals surface area (Å²) in [7, 11) is 0. The Kier molecular flexibility index (Phi) is 20.9. The number of hydrogen-bond acceptors (Lipinski definition) is 14. The Balaban J connectivity index is 3.17. The number of H-pyrrole nitrogens is 1. The second-order valence-corrected chi connectivity index (χ2v) is 12.0. The van der Waals surface area contributed by atoms with Crippen LogP contribution in [-0.4, -0.2) is 146 Å². The van der Waals surface area contributed by atoms with Gasteiger partial charge in [0, 0.05) is 42.8 Å². The fourth-order valence-corrected chi connectivity index (χ4v) is 4.64. The van der Waals surface area contributed by atoms with Crippen LogP contribution in [0, 0.1) is 0 Å². The Labute approximate surface area is 313 Å². The number of carbonyl (C=O) groups is 8. The summed E-state index contributed by atoms with van der Waals surface area (Å²) in [5, 5.41) is 41.9. The van der Waals surface area contributed by atoms with Crippen LogP contribution in [0.1, 0.15) is 31.4 Å². The molecule has 0 spiro atoms. The van der Waals surface area contributed by atoms with Crippen LogP contribution >= 0.6 is 25.3 Å². The number of aliphatic carboxylic acids is 2. The van der Waals surface area contributed by atoms with E-state index in [1.54, 1.807) is 0 Å². The molecule has 1 rings (SSSR count). The molecule has 0 bridgehead atoms. The molecule has 25 heteroatoms. The lowest BCUT2D eigenvalue weighted by molar-refractivity contribution is -0.142. The normalized spacial score (nSPS) is 14.1. The molecule has 0 fully saturated rings. The number of nitrogens with zero attached hydrogens (tertiary/aromatic N) is 2. The van der Waals surface area contributed by atoms with E-state index in [1.807, 2.05) is 0 Å². The molecule has 296 valence electrons. The number of aromatic amines is 1. The maximum absolute atomic E-state index is 13.6. The van der Waals surface area contributed by atoms with Gasteiger partial charge in [0.05, 0.1) is 25.5 Å². The maximum atomic E-state index is 13.6. The largest absolute Gasteiger partial charge is 0.481 e. The van der Waals surface area contributed by atoms with Crippen molar-refractivity contribution in [2.24, 2.45) is 22.2 Å². The van der Waals surface area contributed by atoms with Gasteiger partial charge in [0.15, 0.2) is 5.96 Å². The number of nitrogens with one attached hydrogen (secondary N) is 7. The third kappa shape index (κ3) is 17.8. The van der Waals surface area contributed by atoms with Crippen LogP contribution in [-0.2, 0) is 44.8 Å². The van der Waals surface area contributed by atoms with Crippen LogP contribution in [0.4, 0.5) is 0 Å². The van der Waals surface area contributed by atoms with Crippen molar-refractivity contribution in [2.75, 3.05) is 31.2 Å². The molecule has 23 nitrogen and oxygen atoms in total. The Morgan fingerprint density at radius 3 is 1.92 bits per heavy atom. The minimum Gasteiger partial charge on any atom is -0.481 e. The highest BCUT2D eigenvalue weighted by Crippen LogP contribution is 2.05. The zero-order valence-corrected chi connectivity index (χ0v) is 30.1. The predicted molar refractivity (Wildman–Crippen MR) is 192 cm³/mol. The first-order valence-corrected chi connectivity index (χ1v) is 17.1. The lowest BCUT2D eigenvalue weighted by Gasteiger charge is -2.25. The number of amides is 6. The number of guanidine groups is 1. The molecule has 0 aliphatic heterocycles. The molecule has 1 aromatic rings. The zero-order chi connectivity index (χ0) is 40.1. The first kappa shape index (κ1) is 45.9. The number of thiol groups is 2. The van der Waals surface area contributed by atoms with Crippen molar-refractivity contribution in [3.63, 3.8) is 0 Å². The van der Waals surface area contributed by atoms with E-state index < -0.39 is 110 Å². The van der Waals surface area contributed by atoms with Crippen LogP contribution < -0.4 is 49.1 Å². The number of aliphatic hydroxyl groups excluding tert-OH is 1. The molecule has 1 heterocycles. The SMILES string of the molecule is NC(N)=NCCC[C@H](NC(=O)[C@H](Cc1cnc[nH]1)NC(=O)[C@H](CO)NC(=O)[C@@H](N)CS)C(=O)NCC(=O)N[C@@H](CCC(=O)O)C(=O)N[C@@H](CS)C(=O)O. The Morgan fingerprint density at radius 2 is 1.38 bits per heavy atom. The van der Waals surface area contributed by atoms with Crippen molar-refractivity contribution in [3.8, 4) is 0 Å². The fourth-order valence-electron chi connectivity index (χ4n) is 4.23. The van der Waals surface area contributed by atoms with Crippen molar-refractivity contribution in [1.82, 2.24) is 41.9 Å². The third-order valence-corrected chi connectivity index (χ3v) is 7.82. The van der Waals surface area contributed by atoms with Crippen molar-refractivity contribution in [2.45, 2.75) is 68.4 Å². The summed E-state index contributed by atoms with van der Waals surface area (Å²) in [6.45, 7) is -1.60. The number of aromatic nitrogens is 2. The number of carboxylic acids is 2. The minimum atomic E-state index is -1.52. The van der Waals surface area contributed by atoms with Crippen molar-refractivity contribution in [3.05, 3.63) is 18.2 Å². The zero-order valence-electron chi connectivity index (χ0n) is 28.3. The van der Waals surface area contributed by atoms with Crippen molar-refractivity contribution in [1.29, 1.82) is 0 Å². The highest BCUT2D eigenvalue weighted by molar-refractivity contribution is 7.80. The van der Waals surface area contributed by atoms with E-state index in [-0.39, 0.29) is 43.3 Å². The second-order valence-electron chi connectivity index (χ2n) is 11.2. The van der Waals surface area contributed by atoms with Gasteiger partial charge in [-0.05, 0) is 19.3 Å². The van der Waals surface area contributed by atoms with Gasteiger partial charge in [0.1, 0.15) is 30.2 Å². The number of carboxylic acid groups (broad SMARTS) is 2. The highest BCUT2D eigenvalue weighted by atomic mass is 32.1. The third-order valence-electron chi connectivity index (χ3n) is 7.06. The van der Waals surface area contributed by atoms with Gasteiger partial charge >= 0.3 is 11.9 Å². The van der Waals surface area contributed by atoms with Gasteiger partial charge in [-0.2, -0.15) is 25.3 Å². The average molecular weight is 791 g/mol. The van der Waals surface area contributed by atoms with Crippen LogP contribution in [0.25, 0.3) is 0 Å². The highest BCUT2D eigenvalue weighted by Gasteiger charge is 2.31. The number of rotatable bonds is 25. The standard InChI is InChI=1S/C28H46N12O11S2/c29-14(10-52)22(45)39-18(9-41)26(49)38-17(6-13-7-32-12-35-13)25(48)37-15(2-1-5-33-28(30)31)23(46)34-8-20(42)36-16(3-4-21(43)44)24(47)40-19(11-53)27(50)51/h7,12,14-19,41,52-53H,1-6,8-11,29H2,(H,32,35)(H,34,46)(H,36,42)(H,37,48)(H,38,49)(H,39,45)(H,40,47)(H,43,44)(H,50,51)(H4,30,31,33)/t14-,15-,16-,17-,18-,19-/m0/s1. The van der Waals surface area contributed by atoms with E-state index in [4.69, 9.17) is 22.3 Å². The number of hydrogen-bond donors (Lipinski definition) is 15. The van der Waals surface area contributed by atoms with E-state index in [9.17, 15) is 48.6 Å². The molecule has 16 N–H and O–H groups in total. The summed E-state index contributed by atoms with van der Waals surface area (Å²) >= 11 is 7.77. The van der Waals surface area contributed by atoms with E-state index in [0.717, 1.165) is 0 Å². The maximum Gasteiger partial charge on any atom is 0.327 e. The number of nitrogens with two attached hydrogens (primary N) is 3. The lowest BCUT2D eigenvalue weighted by Crippen LogP contribution is -2.59. The van der Waals surface area contributed by atoms with Gasteiger partial charge in [-0.1, -0.05) is 0 Å². The van der Waals surface area contributed by atoms with Gasteiger partial charge in [-0.3, -0.25) is 38.6 Å². The molecule has 0 saturated carbocycles. The average Bonchev–Trinajstić information content (AvgIpc) is 3.63. The molecule has 0 aliphatic rings. The van der Waals surface area contributed by atoms with Crippen LogP contribution in [0.3, 0.4) is 0 Å². The van der Waals surface area contributed by atoms with E-state index in [0.29, 0.717) is 5.69 Å². The molecule has 0 saturated heterocycles. The van der Waals surface area contributed by atoms with Gasteiger partial charge in [0.2, 0.25) is 35.4 Å². The second kappa shape index (κ2) is 24.2. The molecule has 1 aromatic heterocycles. The van der Waals surface area contributed by atoms with Gasteiger partial charge in [-0.15, -0.1) is 0 Å². The molecule has 6 amide bonds. The quantitative estimate of drug-likeness (QED) is 0.0190. The summed E-state index contributed by atoms with van der Waals surface area (Å²) in [4.78, 5) is 111. The van der Waals surface area contributed by atoms with Gasteiger partial charge < -0.3 is 69.4 Å². The molecule has 6 atom stereocenters. The number of aliphatic hydroxyl groups is 1. The molecular formula is C28H46N12O11S2. The Bertz CT molecular complexity index is 1450. The molecule has 0 aromatic carbocycles. The van der Waals surface area contributed by atoms with E-state index in [1.165, 1.54) is 12.5 Å². The van der Waals surface area contributed by atoms with Crippen LogP contribution in [0.15, 0.2) is 17.5 Å². The van der Waals surface area contributed by atoms with Crippen LogP contribution in [0.5, 0.6) is 0 Å². The first-order chi connectivity index (χ1) is 25.0. The van der Waals surface area contributed by atoms with E-state index in [2.05, 4.69) is 72.1 Å². The number of imidazole rings is 1. The molecule has 0 unspecified atom stereocenters. The molecule has 53 heavy (non-hydrogen) atoms. The van der Waals surface area contributed by atoms with Crippen LogP contribution in [0.2, 0.25) is 0 Å². The molecular weight excluding hydrogens is 745 g/mol. The van der Waals surface area contributed by atoms with Gasteiger partial charge in [0.25, 0.3) is 0 Å². The summed E-state index contributed by atoms with van der Waals surface area (Å²) in [6, 6.07) is -8.34. The smallest absolute Gasteiger partial charge is 0.327 e. The Hall–Kier alpha value is -5.14. The fraction of sp³-hybridized carbons (Fsp3) is 0.571. The minimum absolute atomic E-state index is 0.0348. The topological polar surface area (TPSA) is 389 Å². The first-order valence-electron chi connectivity index (χ1n) is 15.9. The van der Waals surface area contributed by atoms with Gasteiger partial charge in [-0.25, -0.2) is 9.78 Å². The Morgan fingerprint density at radius 1 is 0.792 bits per heavy atom. The molecule has 0 radical (unpaired) electrons. The monoisotopic (exact) mass is 790 g/mol. The summed E-state index contributed by atoms with van der Waals surface area (Å²) in [6.07, 6.45) is 1.53. The lowest BCUT2D eigenvalue weighted by atomic mass is 10.1. The summed E-state index contributed by atoms with van der Waals surface area (Å²) in [5.41, 5.74) is 16.7. The number of carbonyl (C=O) groups excluding carboxylic acids is 6.